The summed E-state index contributed by atoms with van der Waals surface area (Å²) >= 11 is 1.36. The Hall–Kier alpha value is -4.10. The summed E-state index contributed by atoms with van der Waals surface area (Å²) in [5.41, 5.74) is 3.95. The van der Waals surface area contributed by atoms with E-state index in [0.717, 1.165) is 16.1 Å². The maximum absolute atomic E-state index is 13.1. The molecule has 176 valence electrons. The van der Waals surface area contributed by atoms with Crippen molar-refractivity contribution in [3.63, 3.8) is 0 Å². The van der Waals surface area contributed by atoms with Crippen LogP contribution in [0.5, 0.6) is 0 Å². The number of rotatable bonds is 7. The van der Waals surface area contributed by atoms with Gasteiger partial charge in [0, 0.05) is 27.2 Å². The molecule has 4 aromatic carbocycles. The number of carboxylic acid groups (broad SMARTS) is 1. The molecule has 35 heavy (non-hydrogen) atoms. The molecule has 3 N–H and O–H groups in total. The molecule has 0 aliphatic rings. The van der Waals surface area contributed by atoms with Crippen molar-refractivity contribution in [2.45, 2.75) is 18.7 Å². The van der Waals surface area contributed by atoms with E-state index in [-0.39, 0.29) is 22.8 Å². The molecule has 0 bridgehead atoms. The van der Waals surface area contributed by atoms with Crippen LogP contribution in [0.25, 0.3) is 10.8 Å². The quantitative estimate of drug-likeness (QED) is 0.274. The molecule has 0 saturated carbocycles. The van der Waals surface area contributed by atoms with Crippen LogP contribution in [0.15, 0.2) is 83.8 Å². The molecule has 0 radical (unpaired) electrons. The summed E-state index contributed by atoms with van der Waals surface area (Å²) in [5, 5.41) is 16.4. The molecule has 7 heteroatoms. The predicted molar refractivity (Wildman–Crippen MR) is 141 cm³/mol. The van der Waals surface area contributed by atoms with E-state index in [0.29, 0.717) is 16.5 Å². The molecule has 0 spiro atoms. The molecule has 4 rings (SSSR count). The van der Waals surface area contributed by atoms with Gasteiger partial charge in [0.05, 0.1) is 11.3 Å². The van der Waals surface area contributed by atoms with Crippen LogP contribution in [0.1, 0.15) is 31.8 Å². The van der Waals surface area contributed by atoms with Crippen LogP contribution in [-0.2, 0) is 4.79 Å². The number of benzene rings is 4. The minimum atomic E-state index is -1.09. The molecule has 0 heterocycles. The third-order valence-electron chi connectivity index (χ3n) is 5.63. The summed E-state index contributed by atoms with van der Waals surface area (Å²) in [6.45, 7) is 4.02. The number of anilines is 2. The summed E-state index contributed by atoms with van der Waals surface area (Å²) in [7, 11) is 0. The third kappa shape index (κ3) is 5.70. The lowest BCUT2D eigenvalue weighted by atomic mass is 9.98. The zero-order valence-electron chi connectivity index (χ0n) is 19.3. The smallest absolute Gasteiger partial charge is 0.336 e. The molecular weight excluding hydrogens is 460 g/mol. The maximum atomic E-state index is 13.1. The standard InChI is InChI=1S/C28H24N2O4S/c1-17-12-13-21(14-18(17)2)29-25(31)16-35-22-9-5-8-20(15-22)30-27(32)23-10-3-6-19-7-4-11-24(26(19)23)28(33)34/h3-15H,16H2,1-2H3,(H,29,31)(H,30,32)(H,33,34). The number of thioether (sulfide) groups is 1. The van der Waals surface area contributed by atoms with Gasteiger partial charge in [-0.25, -0.2) is 4.79 Å². The van der Waals surface area contributed by atoms with Gasteiger partial charge in [-0.2, -0.15) is 0 Å². The van der Waals surface area contributed by atoms with Crippen LogP contribution >= 0.6 is 11.8 Å². The Morgan fingerprint density at radius 3 is 2.17 bits per heavy atom. The summed E-state index contributed by atoms with van der Waals surface area (Å²) in [4.78, 5) is 38.0. The summed E-state index contributed by atoms with van der Waals surface area (Å²) < 4.78 is 0. The number of fused-ring (bicyclic) bond motifs is 1. The lowest BCUT2D eigenvalue weighted by molar-refractivity contribution is -0.113. The molecule has 0 aliphatic heterocycles. The number of aryl methyl sites for hydroxylation is 2. The highest BCUT2D eigenvalue weighted by Crippen LogP contribution is 2.26. The number of carbonyl (C=O) groups excluding carboxylic acids is 2. The van der Waals surface area contributed by atoms with Crippen molar-refractivity contribution in [1.29, 1.82) is 0 Å². The Bertz CT molecular complexity index is 1440. The van der Waals surface area contributed by atoms with Gasteiger partial charge in [-0.05, 0) is 72.8 Å². The van der Waals surface area contributed by atoms with E-state index in [9.17, 15) is 19.5 Å². The van der Waals surface area contributed by atoms with Gasteiger partial charge in [0.15, 0.2) is 0 Å². The first-order chi connectivity index (χ1) is 16.8. The molecular formula is C28H24N2O4S. The minimum Gasteiger partial charge on any atom is -0.478 e. The molecule has 0 atom stereocenters. The van der Waals surface area contributed by atoms with Crippen LogP contribution in [-0.4, -0.2) is 28.6 Å². The number of nitrogens with one attached hydrogen (secondary N) is 2. The van der Waals surface area contributed by atoms with Crippen molar-refractivity contribution in [3.8, 4) is 0 Å². The molecule has 0 saturated heterocycles. The average Bonchev–Trinajstić information content (AvgIpc) is 2.84. The first-order valence-corrected chi connectivity index (χ1v) is 12.0. The lowest BCUT2D eigenvalue weighted by Crippen LogP contribution is -2.14. The summed E-state index contributed by atoms with van der Waals surface area (Å²) in [6.07, 6.45) is 0. The van der Waals surface area contributed by atoms with Gasteiger partial charge >= 0.3 is 5.97 Å². The first kappa shape index (κ1) is 24.0. The Kier molecular flexibility index (Phi) is 7.17. The number of aromatic carboxylic acids is 1. The van der Waals surface area contributed by atoms with Crippen molar-refractivity contribution < 1.29 is 19.5 Å². The highest BCUT2D eigenvalue weighted by atomic mass is 32.2. The van der Waals surface area contributed by atoms with Crippen LogP contribution in [0.3, 0.4) is 0 Å². The van der Waals surface area contributed by atoms with E-state index in [1.54, 1.807) is 48.5 Å². The van der Waals surface area contributed by atoms with Gasteiger partial charge in [-0.3, -0.25) is 9.59 Å². The fourth-order valence-corrected chi connectivity index (χ4v) is 4.49. The Labute approximate surface area is 207 Å². The first-order valence-electron chi connectivity index (χ1n) is 11.0. The van der Waals surface area contributed by atoms with E-state index in [2.05, 4.69) is 10.6 Å². The molecule has 4 aromatic rings. The van der Waals surface area contributed by atoms with Crippen LogP contribution in [0.4, 0.5) is 11.4 Å². The number of hydrogen-bond donors (Lipinski definition) is 3. The molecule has 2 amide bonds. The Balaban J connectivity index is 1.45. The Morgan fingerprint density at radius 1 is 0.771 bits per heavy atom. The lowest BCUT2D eigenvalue weighted by Gasteiger charge is -2.11. The third-order valence-corrected chi connectivity index (χ3v) is 6.63. The zero-order chi connectivity index (χ0) is 24.9. The minimum absolute atomic E-state index is 0.0762. The molecule has 0 aromatic heterocycles. The van der Waals surface area contributed by atoms with Gasteiger partial charge in [0.25, 0.3) is 5.91 Å². The van der Waals surface area contributed by atoms with Crippen molar-refractivity contribution in [1.82, 2.24) is 0 Å². The largest absolute Gasteiger partial charge is 0.478 e. The fraction of sp³-hybridized carbons (Fsp3) is 0.107. The van der Waals surface area contributed by atoms with Crippen molar-refractivity contribution in [2.75, 3.05) is 16.4 Å². The van der Waals surface area contributed by atoms with Gasteiger partial charge in [-0.15, -0.1) is 11.8 Å². The fourth-order valence-electron chi connectivity index (χ4n) is 3.74. The Morgan fingerprint density at radius 2 is 1.46 bits per heavy atom. The second-order valence-electron chi connectivity index (χ2n) is 8.13. The summed E-state index contributed by atoms with van der Waals surface area (Å²) in [6, 6.07) is 23.0. The van der Waals surface area contributed by atoms with Crippen molar-refractivity contribution in [2.24, 2.45) is 0 Å². The number of hydrogen-bond acceptors (Lipinski definition) is 4. The highest BCUT2D eigenvalue weighted by molar-refractivity contribution is 8.00. The number of amides is 2. The van der Waals surface area contributed by atoms with E-state index in [1.165, 1.54) is 23.4 Å². The molecule has 0 fully saturated rings. The topological polar surface area (TPSA) is 95.5 Å². The highest BCUT2D eigenvalue weighted by Gasteiger charge is 2.17. The SMILES string of the molecule is Cc1ccc(NC(=O)CSc2cccc(NC(=O)c3cccc4cccc(C(=O)O)c34)c2)cc1C. The normalized spacial score (nSPS) is 10.7. The van der Waals surface area contributed by atoms with Gasteiger partial charge in [-0.1, -0.05) is 36.4 Å². The molecule has 0 unspecified atom stereocenters. The molecule has 6 nitrogen and oxygen atoms in total. The van der Waals surface area contributed by atoms with Gasteiger partial charge in [0.1, 0.15) is 0 Å². The molecule has 0 aliphatic carbocycles. The predicted octanol–water partition coefficient (Wildman–Crippen LogP) is 6.14. The van der Waals surface area contributed by atoms with E-state index < -0.39 is 11.9 Å². The van der Waals surface area contributed by atoms with E-state index in [1.807, 2.05) is 38.1 Å². The number of carbonyl (C=O) groups is 3. The van der Waals surface area contributed by atoms with Crippen LogP contribution in [0, 0.1) is 13.8 Å². The average molecular weight is 485 g/mol. The zero-order valence-corrected chi connectivity index (χ0v) is 20.1. The second kappa shape index (κ2) is 10.4. The van der Waals surface area contributed by atoms with Crippen LogP contribution < -0.4 is 10.6 Å². The summed E-state index contributed by atoms with van der Waals surface area (Å²) in [5.74, 6) is -1.40. The van der Waals surface area contributed by atoms with Crippen LogP contribution in [0.2, 0.25) is 0 Å². The van der Waals surface area contributed by atoms with E-state index >= 15 is 0 Å². The van der Waals surface area contributed by atoms with Gasteiger partial charge in [0.2, 0.25) is 5.91 Å². The second-order valence-corrected chi connectivity index (χ2v) is 9.18. The van der Waals surface area contributed by atoms with Crippen molar-refractivity contribution in [3.05, 3.63) is 101 Å². The van der Waals surface area contributed by atoms with E-state index in [4.69, 9.17) is 0 Å². The maximum Gasteiger partial charge on any atom is 0.336 e. The van der Waals surface area contributed by atoms with Gasteiger partial charge < -0.3 is 15.7 Å². The van der Waals surface area contributed by atoms with Crippen molar-refractivity contribution >= 4 is 51.7 Å². The number of carboxylic acids is 1. The monoisotopic (exact) mass is 484 g/mol.